The third kappa shape index (κ3) is 6.43. The van der Waals surface area contributed by atoms with Gasteiger partial charge in [0.15, 0.2) is 5.16 Å². The molecule has 0 aliphatic rings. The van der Waals surface area contributed by atoms with Crippen LogP contribution in [-0.4, -0.2) is 26.9 Å². The number of rotatable bonds is 9. The Kier molecular flexibility index (Phi) is 8.44. The van der Waals surface area contributed by atoms with Crippen molar-refractivity contribution in [2.45, 2.75) is 56.7 Å². The summed E-state index contributed by atoms with van der Waals surface area (Å²) in [6.45, 7) is 8.04. The molecule has 27 heavy (non-hydrogen) atoms. The van der Waals surface area contributed by atoms with Gasteiger partial charge in [-0.25, -0.2) is 4.98 Å². The fourth-order valence-corrected chi connectivity index (χ4v) is 4.33. The van der Waals surface area contributed by atoms with Gasteiger partial charge >= 0.3 is 0 Å². The van der Waals surface area contributed by atoms with Crippen molar-refractivity contribution >= 4 is 35.1 Å². The Bertz CT molecular complexity index is 816. The fourth-order valence-electron chi connectivity index (χ4n) is 2.61. The minimum atomic E-state index is -0.328. The smallest absolute Gasteiger partial charge is 0.251 e. The van der Waals surface area contributed by atoms with Crippen LogP contribution in [0, 0.1) is 13.8 Å². The molecule has 5 nitrogen and oxygen atoms in total. The fraction of sp³-hybridized carbons (Fsp3) is 0.450. The van der Waals surface area contributed by atoms with E-state index in [2.05, 4.69) is 22.2 Å². The molecule has 1 unspecified atom stereocenters. The Balaban J connectivity index is 2.11. The van der Waals surface area contributed by atoms with Crippen LogP contribution in [0.3, 0.4) is 0 Å². The highest BCUT2D eigenvalue weighted by molar-refractivity contribution is 8.00. The first-order valence-corrected chi connectivity index (χ1v) is 11.2. The zero-order valence-electron chi connectivity index (χ0n) is 16.3. The van der Waals surface area contributed by atoms with Gasteiger partial charge in [-0.1, -0.05) is 43.8 Å². The monoisotopic (exact) mass is 405 g/mol. The number of hydrogen-bond acceptors (Lipinski definition) is 5. The average Bonchev–Trinajstić information content (AvgIpc) is 2.62. The molecule has 0 aliphatic heterocycles. The van der Waals surface area contributed by atoms with Crippen LogP contribution in [0.4, 0.5) is 5.69 Å². The number of aromatic amines is 1. The van der Waals surface area contributed by atoms with E-state index < -0.39 is 0 Å². The van der Waals surface area contributed by atoms with E-state index in [0.29, 0.717) is 17.3 Å². The molecule has 0 saturated heterocycles. The quantitative estimate of drug-likeness (QED) is 0.364. The van der Waals surface area contributed by atoms with E-state index in [9.17, 15) is 9.59 Å². The Hall–Kier alpha value is -1.73. The van der Waals surface area contributed by atoms with Crippen molar-refractivity contribution in [3.63, 3.8) is 0 Å². The van der Waals surface area contributed by atoms with Crippen LogP contribution in [0.1, 0.15) is 43.5 Å². The number of anilines is 1. The zero-order valence-corrected chi connectivity index (χ0v) is 17.9. The molecule has 1 amide bonds. The van der Waals surface area contributed by atoms with Gasteiger partial charge in [0.25, 0.3) is 5.56 Å². The second-order valence-electron chi connectivity index (χ2n) is 6.37. The van der Waals surface area contributed by atoms with Crippen molar-refractivity contribution in [1.29, 1.82) is 0 Å². The molecule has 2 rings (SSSR count). The van der Waals surface area contributed by atoms with Crippen molar-refractivity contribution in [3.8, 4) is 0 Å². The normalized spacial score (nSPS) is 12.0. The summed E-state index contributed by atoms with van der Waals surface area (Å²) in [5.41, 5.74) is 3.50. The second-order valence-corrected chi connectivity index (χ2v) is 8.66. The highest BCUT2D eigenvalue weighted by atomic mass is 32.2. The average molecular weight is 406 g/mol. The lowest BCUT2D eigenvalue weighted by Crippen LogP contribution is -2.26. The number of hydrogen-bond donors (Lipinski definition) is 2. The summed E-state index contributed by atoms with van der Waals surface area (Å²) in [5.74, 6) is 1.66. The summed E-state index contributed by atoms with van der Waals surface area (Å²) in [6, 6.07) is 7.47. The molecule has 146 valence electrons. The molecule has 1 aromatic carbocycles. The highest BCUT2D eigenvalue weighted by Crippen LogP contribution is 2.26. The van der Waals surface area contributed by atoms with Gasteiger partial charge in [-0.05, 0) is 43.6 Å². The first kappa shape index (κ1) is 21.6. The van der Waals surface area contributed by atoms with Gasteiger partial charge in [0.2, 0.25) is 5.91 Å². The number of benzene rings is 1. The van der Waals surface area contributed by atoms with Crippen LogP contribution in [-0.2, 0) is 10.5 Å². The number of carbonyl (C=O) groups is 1. The number of nitrogens with one attached hydrogen (secondary N) is 2. The second kappa shape index (κ2) is 10.6. The standard InChI is InChI=1S/C20H27N3O2S2/c1-5-10-26-12-15-11-17(24)22-20(21-15)27-16(6-2)19(25)23-18-13(3)8-7-9-14(18)4/h7-9,11,16H,5-6,10,12H2,1-4H3,(H,23,25)(H,21,22,24). The van der Waals surface area contributed by atoms with Gasteiger partial charge in [-0.2, -0.15) is 11.8 Å². The summed E-state index contributed by atoms with van der Waals surface area (Å²) >= 11 is 3.06. The Labute approximate surface area is 169 Å². The maximum atomic E-state index is 12.8. The first-order chi connectivity index (χ1) is 12.9. The van der Waals surface area contributed by atoms with E-state index in [-0.39, 0.29) is 16.7 Å². The van der Waals surface area contributed by atoms with Crippen LogP contribution >= 0.6 is 23.5 Å². The topological polar surface area (TPSA) is 74.8 Å². The molecule has 1 aromatic heterocycles. The number of aryl methyl sites for hydroxylation is 2. The van der Waals surface area contributed by atoms with Crippen molar-refractivity contribution in [2.24, 2.45) is 0 Å². The maximum absolute atomic E-state index is 12.8. The summed E-state index contributed by atoms with van der Waals surface area (Å²) in [7, 11) is 0. The van der Waals surface area contributed by atoms with E-state index in [1.807, 2.05) is 39.0 Å². The molecule has 2 aromatic rings. The number of H-pyrrole nitrogens is 1. The molecule has 1 heterocycles. The molecule has 0 bridgehead atoms. The maximum Gasteiger partial charge on any atom is 0.251 e. The van der Waals surface area contributed by atoms with Crippen molar-refractivity contribution in [3.05, 3.63) is 51.4 Å². The van der Waals surface area contributed by atoms with E-state index in [1.165, 1.54) is 17.8 Å². The van der Waals surface area contributed by atoms with E-state index in [4.69, 9.17) is 0 Å². The number of para-hydroxylation sites is 1. The van der Waals surface area contributed by atoms with Crippen LogP contribution < -0.4 is 10.9 Å². The SMILES string of the molecule is CCCSCc1cc(=O)[nH]c(SC(CC)C(=O)Nc2c(C)cccc2C)n1. The lowest BCUT2D eigenvalue weighted by atomic mass is 10.1. The van der Waals surface area contributed by atoms with E-state index in [0.717, 1.165) is 34.7 Å². The molecule has 0 spiro atoms. The van der Waals surface area contributed by atoms with Gasteiger partial charge in [0.1, 0.15) is 0 Å². The molecule has 0 aliphatic carbocycles. The molecule has 1 atom stereocenters. The molecular formula is C20H27N3O2S2. The van der Waals surface area contributed by atoms with Gasteiger partial charge < -0.3 is 10.3 Å². The molecule has 0 radical (unpaired) electrons. The number of nitrogens with zero attached hydrogens (tertiary/aromatic N) is 1. The summed E-state index contributed by atoms with van der Waals surface area (Å²) in [6.07, 6.45) is 1.73. The van der Waals surface area contributed by atoms with Crippen LogP contribution in [0.15, 0.2) is 34.2 Å². The third-order valence-corrected chi connectivity index (χ3v) is 6.46. The lowest BCUT2D eigenvalue weighted by Gasteiger charge is -2.17. The van der Waals surface area contributed by atoms with E-state index in [1.54, 1.807) is 11.8 Å². The summed E-state index contributed by atoms with van der Waals surface area (Å²) in [4.78, 5) is 32.0. The minimum Gasteiger partial charge on any atom is -0.325 e. The van der Waals surface area contributed by atoms with Crippen molar-refractivity contribution < 1.29 is 4.79 Å². The zero-order chi connectivity index (χ0) is 19.8. The Morgan fingerprint density at radius 1 is 1.26 bits per heavy atom. The van der Waals surface area contributed by atoms with Gasteiger partial charge in [0.05, 0.1) is 10.9 Å². The number of amides is 1. The van der Waals surface area contributed by atoms with Crippen LogP contribution in [0.2, 0.25) is 0 Å². The molecular weight excluding hydrogens is 378 g/mol. The largest absolute Gasteiger partial charge is 0.325 e. The third-order valence-electron chi connectivity index (χ3n) is 4.02. The molecule has 0 saturated carbocycles. The van der Waals surface area contributed by atoms with Gasteiger partial charge in [-0.3, -0.25) is 9.59 Å². The number of carbonyl (C=O) groups excluding carboxylic acids is 1. The molecule has 0 fully saturated rings. The van der Waals surface area contributed by atoms with Gasteiger partial charge in [0, 0.05) is 17.5 Å². The summed E-state index contributed by atoms with van der Waals surface area (Å²) < 4.78 is 0. The van der Waals surface area contributed by atoms with Gasteiger partial charge in [-0.15, -0.1) is 0 Å². The Morgan fingerprint density at radius 3 is 2.59 bits per heavy atom. The van der Waals surface area contributed by atoms with Crippen LogP contribution in [0.25, 0.3) is 0 Å². The van der Waals surface area contributed by atoms with Crippen molar-refractivity contribution in [2.75, 3.05) is 11.1 Å². The number of thioether (sulfide) groups is 2. The minimum absolute atomic E-state index is 0.0756. The molecule has 7 heteroatoms. The predicted octanol–water partition coefficient (Wildman–Crippen LogP) is 4.54. The summed E-state index contributed by atoms with van der Waals surface area (Å²) in [5, 5.41) is 3.21. The van der Waals surface area contributed by atoms with E-state index >= 15 is 0 Å². The lowest BCUT2D eigenvalue weighted by molar-refractivity contribution is -0.115. The first-order valence-electron chi connectivity index (χ1n) is 9.16. The number of aromatic nitrogens is 2. The van der Waals surface area contributed by atoms with Crippen LogP contribution in [0.5, 0.6) is 0 Å². The molecule has 2 N–H and O–H groups in total. The Morgan fingerprint density at radius 2 is 1.96 bits per heavy atom. The predicted molar refractivity (Wildman–Crippen MR) is 116 cm³/mol. The van der Waals surface area contributed by atoms with Crippen molar-refractivity contribution in [1.82, 2.24) is 9.97 Å². The highest BCUT2D eigenvalue weighted by Gasteiger charge is 2.21.